The van der Waals surface area contributed by atoms with Crippen LogP contribution in [0.1, 0.15) is 6.42 Å². The van der Waals surface area contributed by atoms with Gasteiger partial charge in [0.05, 0.1) is 0 Å². The van der Waals surface area contributed by atoms with E-state index < -0.39 is 0 Å². The van der Waals surface area contributed by atoms with E-state index in [4.69, 9.17) is 0 Å². The molecule has 2 nitrogen and oxygen atoms in total. The van der Waals surface area contributed by atoms with Crippen LogP contribution in [0.3, 0.4) is 0 Å². The van der Waals surface area contributed by atoms with Crippen LogP contribution in [0.25, 0.3) is 0 Å². The lowest BCUT2D eigenvalue weighted by molar-refractivity contribution is 0.449. The average molecular weight is 166 g/mol. The highest BCUT2D eigenvalue weighted by molar-refractivity contribution is 4.95. The maximum Gasteiger partial charge on any atom is 0.0291 e. The monoisotopic (exact) mass is 166 g/mol. The summed E-state index contributed by atoms with van der Waals surface area (Å²) in [4.78, 5) is 0. The predicted octanol–water partition coefficient (Wildman–Crippen LogP) is 0.926. The Labute approximate surface area is 74.7 Å². The van der Waals surface area contributed by atoms with Crippen molar-refractivity contribution in [2.45, 2.75) is 12.5 Å². The topological polar surface area (TPSA) is 24.1 Å². The third kappa shape index (κ3) is 2.47. The van der Waals surface area contributed by atoms with Gasteiger partial charge in [-0.25, -0.2) is 0 Å². The number of rotatable bonds is 5. The molecule has 0 aromatic heterocycles. The summed E-state index contributed by atoms with van der Waals surface area (Å²) in [5.74, 6) is 0.711. The first kappa shape index (κ1) is 9.49. The lowest BCUT2D eigenvalue weighted by atomic mass is 9.99. The van der Waals surface area contributed by atoms with E-state index in [-0.39, 0.29) is 0 Å². The van der Waals surface area contributed by atoms with Crippen LogP contribution in [0.4, 0.5) is 0 Å². The number of hydrogen-bond acceptors (Lipinski definition) is 2. The molecule has 1 heterocycles. The highest BCUT2D eigenvalue weighted by Gasteiger charge is 2.21. The summed E-state index contributed by atoms with van der Waals surface area (Å²) in [6.45, 7) is 10.6. The highest BCUT2D eigenvalue weighted by atomic mass is 15.0. The number of nitrogens with one attached hydrogen (secondary N) is 2. The average Bonchev–Trinajstić information content (AvgIpc) is 2.59. The van der Waals surface area contributed by atoms with Crippen LogP contribution in [0.2, 0.25) is 0 Å². The second kappa shape index (κ2) is 5.12. The molecule has 2 N–H and O–H groups in total. The van der Waals surface area contributed by atoms with Gasteiger partial charge in [-0.05, 0) is 25.4 Å². The van der Waals surface area contributed by atoms with Gasteiger partial charge in [-0.2, -0.15) is 0 Å². The maximum atomic E-state index is 3.83. The molecule has 2 heteroatoms. The molecule has 0 aromatic carbocycles. The molecular weight excluding hydrogens is 148 g/mol. The minimum Gasteiger partial charge on any atom is -0.316 e. The largest absolute Gasteiger partial charge is 0.316 e. The van der Waals surface area contributed by atoms with Crippen molar-refractivity contribution in [2.24, 2.45) is 5.92 Å². The van der Waals surface area contributed by atoms with Gasteiger partial charge in [0.25, 0.3) is 0 Å². The van der Waals surface area contributed by atoms with E-state index in [2.05, 4.69) is 23.8 Å². The van der Waals surface area contributed by atoms with Crippen LogP contribution in [0.5, 0.6) is 0 Å². The van der Waals surface area contributed by atoms with Crippen molar-refractivity contribution in [1.82, 2.24) is 10.6 Å². The Balaban J connectivity index is 2.32. The fourth-order valence-corrected chi connectivity index (χ4v) is 1.65. The molecule has 0 radical (unpaired) electrons. The molecule has 0 amide bonds. The zero-order valence-corrected chi connectivity index (χ0v) is 7.55. The molecular formula is C10H18N2. The van der Waals surface area contributed by atoms with Crippen molar-refractivity contribution in [3.8, 4) is 0 Å². The first-order valence-corrected chi connectivity index (χ1v) is 4.56. The molecule has 12 heavy (non-hydrogen) atoms. The molecule has 0 aromatic rings. The summed E-state index contributed by atoms with van der Waals surface area (Å²) in [6.07, 6.45) is 5.14. The molecule has 1 saturated heterocycles. The Morgan fingerprint density at radius 3 is 2.92 bits per heavy atom. The van der Waals surface area contributed by atoms with Gasteiger partial charge >= 0.3 is 0 Å². The van der Waals surface area contributed by atoms with Gasteiger partial charge in [0.15, 0.2) is 0 Å². The van der Waals surface area contributed by atoms with Gasteiger partial charge < -0.3 is 10.6 Å². The van der Waals surface area contributed by atoms with Gasteiger partial charge in [-0.15, -0.1) is 13.2 Å². The fraction of sp³-hybridized carbons (Fsp3) is 0.600. The molecule has 1 aliphatic rings. The van der Waals surface area contributed by atoms with Crippen molar-refractivity contribution in [3.05, 3.63) is 25.3 Å². The van der Waals surface area contributed by atoms with Crippen molar-refractivity contribution < 1.29 is 0 Å². The third-order valence-corrected chi connectivity index (χ3v) is 2.36. The van der Waals surface area contributed by atoms with Gasteiger partial charge in [-0.1, -0.05) is 12.2 Å². The summed E-state index contributed by atoms with van der Waals surface area (Å²) in [5.41, 5.74) is 0. The highest BCUT2D eigenvalue weighted by Crippen LogP contribution is 2.13. The molecule has 2 unspecified atom stereocenters. The Kier molecular flexibility index (Phi) is 4.05. The zero-order chi connectivity index (χ0) is 8.81. The lowest BCUT2D eigenvalue weighted by Crippen LogP contribution is -2.35. The minimum atomic E-state index is 0.443. The zero-order valence-electron chi connectivity index (χ0n) is 7.55. The Morgan fingerprint density at radius 2 is 2.42 bits per heavy atom. The van der Waals surface area contributed by atoms with Crippen LogP contribution in [0.15, 0.2) is 25.3 Å². The van der Waals surface area contributed by atoms with E-state index in [1.54, 1.807) is 0 Å². The Bertz CT molecular complexity index is 148. The molecule has 68 valence electrons. The first-order valence-electron chi connectivity index (χ1n) is 4.56. The molecule has 1 aliphatic heterocycles. The fourth-order valence-electron chi connectivity index (χ4n) is 1.65. The van der Waals surface area contributed by atoms with Gasteiger partial charge in [-0.3, -0.25) is 0 Å². The number of hydrogen-bond donors (Lipinski definition) is 2. The third-order valence-electron chi connectivity index (χ3n) is 2.36. The van der Waals surface area contributed by atoms with Gasteiger partial charge in [0.1, 0.15) is 0 Å². The van der Waals surface area contributed by atoms with Gasteiger partial charge in [0, 0.05) is 12.6 Å². The predicted molar refractivity (Wildman–Crippen MR) is 53.2 cm³/mol. The first-order chi connectivity index (χ1) is 5.88. The van der Waals surface area contributed by atoms with E-state index in [1.165, 1.54) is 6.42 Å². The summed E-state index contributed by atoms with van der Waals surface area (Å²) >= 11 is 0. The molecule has 2 atom stereocenters. The molecule has 0 aliphatic carbocycles. The lowest BCUT2D eigenvalue weighted by Gasteiger charge is -2.19. The quantitative estimate of drug-likeness (QED) is 0.594. The second-order valence-corrected chi connectivity index (χ2v) is 3.21. The van der Waals surface area contributed by atoms with E-state index in [1.807, 2.05) is 12.2 Å². The van der Waals surface area contributed by atoms with E-state index in [0.29, 0.717) is 12.0 Å². The maximum absolute atomic E-state index is 3.83. The Hall–Kier alpha value is -0.600. The molecule has 0 spiro atoms. The molecule has 1 rings (SSSR count). The van der Waals surface area contributed by atoms with Crippen LogP contribution < -0.4 is 10.6 Å². The minimum absolute atomic E-state index is 0.443. The van der Waals surface area contributed by atoms with Crippen LogP contribution in [-0.2, 0) is 0 Å². The SMILES string of the molecule is C=CCNC(C=C)C1CCNC1. The van der Waals surface area contributed by atoms with Crippen molar-refractivity contribution in [2.75, 3.05) is 19.6 Å². The van der Waals surface area contributed by atoms with Crippen molar-refractivity contribution in [1.29, 1.82) is 0 Å². The van der Waals surface area contributed by atoms with Crippen molar-refractivity contribution >= 4 is 0 Å². The smallest absolute Gasteiger partial charge is 0.0291 e. The summed E-state index contributed by atoms with van der Waals surface area (Å²) in [5, 5.41) is 6.73. The summed E-state index contributed by atoms with van der Waals surface area (Å²) in [6, 6.07) is 0.443. The Morgan fingerprint density at radius 1 is 1.58 bits per heavy atom. The van der Waals surface area contributed by atoms with E-state index in [9.17, 15) is 0 Å². The van der Waals surface area contributed by atoms with Crippen LogP contribution in [0, 0.1) is 5.92 Å². The molecule has 0 saturated carbocycles. The van der Waals surface area contributed by atoms with Crippen molar-refractivity contribution in [3.63, 3.8) is 0 Å². The standard InChI is InChI=1S/C10H18N2/c1-3-6-12-10(4-2)9-5-7-11-8-9/h3-4,9-12H,1-2,5-8H2. The summed E-state index contributed by atoms with van der Waals surface area (Å²) < 4.78 is 0. The van der Waals surface area contributed by atoms with Gasteiger partial charge in [0.2, 0.25) is 0 Å². The summed E-state index contributed by atoms with van der Waals surface area (Å²) in [7, 11) is 0. The molecule has 0 bridgehead atoms. The van der Waals surface area contributed by atoms with E-state index >= 15 is 0 Å². The molecule has 1 fully saturated rings. The second-order valence-electron chi connectivity index (χ2n) is 3.21. The normalized spacial score (nSPS) is 25.2. The van der Waals surface area contributed by atoms with Crippen LogP contribution >= 0.6 is 0 Å². The van der Waals surface area contributed by atoms with Crippen LogP contribution in [-0.4, -0.2) is 25.7 Å². The van der Waals surface area contributed by atoms with E-state index in [0.717, 1.165) is 19.6 Å².